The van der Waals surface area contributed by atoms with Gasteiger partial charge in [-0.2, -0.15) is 0 Å². The van der Waals surface area contributed by atoms with Crippen molar-refractivity contribution >= 4 is 44.9 Å². The van der Waals surface area contributed by atoms with E-state index in [1.165, 1.54) is 11.3 Å². The number of carbonyl (C=O) groups excluding carboxylic acids is 1. The van der Waals surface area contributed by atoms with E-state index < -0.39 is 11.9 Å². The van der Waals surface area contributed by atoms with Gasteiger partial charge in [-0.1, -0.05) is 11.6 Å². The second kappa shape index (κ2) is 6.51. The Hall–Kier alpha value is -2.57. The Morgan fingerprint density at radius 3 is 2.50 bits per heavy atom. The van der Waals surface area contributed by atoms with E-state index in [-0.39, 0.29) is 11.5 Å². The van der Waals surface area contributed by atoms with Crippen molar-refractivity contribution in [2.45, 2.75) is 6.61 Å². The highest BCUT2D eigenvalue weighted by atomic mass is 35.5. The molecule has 1 aromatic heterocycles. The quantitative estimate of drug-likeness (QED) is 0.720. The van der Waals surface area contributed by atoms with Gasteiger partial charge in [-0.25, -0.2) is 4.79 Å². The van der Waals surface area contributed by atoms with Gasteiger partial charge in [-0.05, 0) is 42.5 Å². The minimum absolute atomic E-state index is 0.0812. The molecule has 0 spiro atoms. The van der Waals surface area contributed by atoms with Crippen LogP contribution in [0.1, 0.15) is 25.6 Å². The molecule has 2 aromatic carbocycles. The normalized spacial score (nSPS) is 10.7. The third-order valence-electron chi connectivity index (χ3n) is 3.47. The van der Waals surface area contributed by atoms with Crippen LogP contribution in [0.5, 0.6) is 5.75 Å². The number of carboxylic acids is 1. The van der Waals surface area contributed by atoms with Gasteiger partial charge in [0.15, 0.2) is 0 Å². The van der Waals surface area contributed by atoms with Gasteiger partial charge >= 0.3 is 5.97 Å². The molecule has 1 heterocycles. The number of nitrogens with two attached hydrogens (primary N) is 1. The smallest absolute Gasteiger partial charge is 0.346 e. The molecule has 0 saturated heterocycles. The number of ether oxygens (including phenoxy) is 1. The van der Waals surface area contributed by atoms with Crippen molar-refractivity contribution < 1.29 is 19.4 Å². The number of hydrogen-bond donors (Lipinski definition) is 2. The lowest BCUT2D eigenvalue weighted by Crippen LogP contribution is -2.10. The molecule has 0 saturated carbocycles. The average molecular weight is 362 g/mol. The molecular weight excluding hydrogens is 350 g/mol. The maximum absolute atomic E-state index is 11.5. The van der Waals surface area contributed by atoms with Gasteiger partial charge in [0, 0.05) is 26.2 Å². The Balaban J connectivity index is 1.91. The minimum atomic E-state index is -1.00. The van der Waals surface area contributed by atoms with E-state index in [4.69, 9.17) is 22.1 Å². The molecule has 0 aliphatic carbocycles. The summed E-state index contributed by atoms with van der Waals surface area (Å²) in [5.74, 6) is -1.01. The summed E-state index contributed by atoms with van der Waals surface area (Å²) >= 11 is 7.20. The van der Waals surface area contributed by atoms with Crippen molar-refractivity contribution in [1.82, 2.24) is 0 Å². The molecule has 5 nitrogen and oxygen atoms in total. The maximum Gasteiger partial charge on any atom is 0.346 e. The van der Waals surface area contributed by atoms with E-state index in [9.17, 15) is 14.7 Å². The molecule has 0 atom stereocenters. The summed E-state index contributed by atoms with van der Waals surface area (Å²) < 4.78 is 6.50. The summed E-state index contributed by atoms with van der Waals surface area (Å²) in [4.78, 5) is 22.8. The van der Waals surface area contributed by atoms with Crippen LogP contribution >= 0.6 is 22.9 Å². The lowest BCUT2D eigenvalue weighted by molar-refractivity contribution is 0.0699. The third kappa shape index (κ3) is 3.20. The van der Waals surface area contributed by atoms with Crippen LogP contribution in [0.4, 0.5) is 0 Å². The van der Waals surface area contributed by atoms with E-state index in [1.807, 2.05) is 0 Å². The first-order valence-electron chi connectivity index (χ1n) is 6.92. The zero-order valence-electron chi connectivity index (χ0n) is 12.3. The van der Waals surface area contributed by atoms with E-state index in [0.29, 0.717) is 21.9 Å². The number of primary amides is 1. The number of benzene rings is 2. The molecule has 0 bridgehead atoms. The van der Waals surface area contributed by atoms with Crippen molar-refractivity contribution in [3.8, 4) is 5.75 Å². The minimum Gasteiger partial charge on any atom is -0.489 e. The first-order chi connectivity index (χ1) is 11.5. The van der Waals surface area contributed by atoms with E-state index in [0.717, 1.165) is 10.1 Å². The van der Waals surface area contributed by atoms with Crippen molar-refractivity contribution in [2.75, 3.05) is 0 Å². The number of fused-ring (bicyclic) bond motifs is 1. The van der Waals surface area contributed by atoms with E-state index in [1.54, 1.807) is 42.5 Å². The molecule has 3 N–H and O–H groups in total. The van der Waals surface area contributed by atoms with Gasteiger partial charge in [0.25, 0.3) is 0 Å². The summed E-state index contributed by atoms with van der Waals surface area (Å²) in [7, 11) is 0. The molecule has 3 aromatic rings. The fourth-order valence-corrected chi connectivity index (χ4v) is 3.51. The van der Waals surface area contributed by atoms with Gasteiger partial charge in [-0.15, -0.1) is 11.3 Å². The van der Waals surface area contributed by atoms with Crippen molar-refractivity contribution in [2.24, 2.45) is 5.73 Å². The van der Waals surface area contributed by atoms with Gasteiger partial charge < -0.3 is 15.6 Å². The lowest BCUT2D eigenvalue weighted by Gasteiger charge is -2.07. The fraction of sp³-hybridized carbons (Fsp3) is 0.0588. The number of hydrogen-bond acceptors (Lipinski definition) is 4. The number of carbonyl (C=O) groups is 2. The molecular formula is C17H12ClNO4S. The standard InChI is InChI=1S/C17H12ClNO4S/c18-10-3-6-14-12(7-10)13(15(24-14)17(21)22)8-23-11-4-1-9(2-5-11)16(19)20/h1-7H,8H2,(H2,19,20)(H,21,22). The highest BCUT2D eigenvalue weighted by Crippen LogP contribution is 2.34. The van der Waals surface area contributed by atoms with Crippen LogP contribution in [0.2, 0.25) is 5.02 Å². The zero-order valence-corrected chi connectivity index (χ0v) is 13.9. The fourth-order valence-electron chi connectivity index (χ4n) is 2.31. The largest absolute Gasteiger partial charge is 0.489 e. The number of carboxylic acid groups (broad SMARTS) is 1. The second-order valence-electron chi connectivity index (χ2n) is 5.03. The van der Waals surface area contributed by atoms with Crippen molar-refractivity contribution in [1.29, 1.82) is 0 Å². The van der Waals surface area contributed by atoms with E-state index >= 15 is 0 Å². The number of aromatic carboxylic acids is 1. The van der Waals surface area contributed by atoms with Crippen molar-refractivity contribution in [3.05, 3.63) is 63.5 Å². The number of rotatable bonds is 5. The summed E-state index contributed by atoms with van der Waals surface area (Å²) in [5.41, 5.74) is 6.14. The number of halogens is 1. The second-order valence-corrected chi connectivity index (χ2v) is 6.52. The molecule has 7 heteroatoms. The molecule has 0 aliphatic rings. The summed E-state index contributed by atoms with van der Waals surface area (Å²) in [6.07, 6.45) is 0. The Labute approximate surface area is 146 Å². The van der Waals surface area contributed by atoms with Gasteiger partial charge in [-0.3, -0.25) is 4.79 Å². The Morgan fingerprint density at radius 1 is 1.17 bits per heavy atom. The van der Waals surface area contributed by atoms with Crippen LogP contribution in [-0.4, -0.2) is 17.0 Å². The summed E-state index contributed by atoms with van der Waals surface area (Å²) in [5, 5.41) is 10.7. The van der Waals surface area contributed by atoms with Crippen LogP contribution in [-0.2, 0) is 6.61 Å². The molecule has 3 rings (SSSR count). The number of amides is 1. The zero-order chi connectivity index (χ0) is 17.3. The van der Waals surface area contributed by atoms with E-state index in [2.05, 4.69) is 0 Å². The first kappa shape index (κ1) is 16.3. The molecule has 24 heavy (non-hydrogen) atoms. The molecule has 1 amide bonds. The SMILES string of the molecule is NC(=O)c1ccc(OCc2c(C(=O)O)sc3ccc(Cl)cc23)cc1. The lowest BCUT2D eigenvalue weighted by atomic mass is 10.1. The topological polar surface area (TPSA) is 89.6 Å². The first-order valence-corrected chi connectivity index (χ1v) is 8.12. The van der Waals surface area contributed by atoms with Crippen LogP contribution in [0, 0.1) is 0 Å². The molecule has 0 fully saturated rings. The summed E-state index contributed by atoms with van der Waals surface area (Å²) in [6, 6.07) is 11.6. The van der Waals surface area contributed by atoms with Gasteiger partial charge in [0.1, 0.15) is 17.2 Å². The van der Waals surface area contributed by atoms with Crippen LogP contribution in [0.15, 0.2) is 42.5 Å². The third-order valence-corrected chi connectivity index (χ3v) is 4.91. The number of thiophene rings is 1. The van der Waals surface area contributed by atoms with Gasteiger partial charge in [0.05, 0.1) is 0 Å². The highest BCUT2D eigenvalue weighted by Gasteiger charge is 2.18. The molecule has 0 unspecified atom stereocenters. The Bertz CT molecular complexity index is 934. The predicted octanol–water partition coefficient (Wildman–Crippen LogP) is 3.93. The summed E-state index contributed by atoms with van der Waals surface area (Å²) in [6.45, 7) is 0.0812. The molecule has 0 radical (unpaired) electrons. The predicted molar refractivity (Wildman–Crippen MR) is 93.1 cm³/mol. The Kier molecular flexibility index (Phi) is 4.42. The van der Waals surface area contributed by atoms with Gasteiger partial charge in [0.2, 0.25) is 5.91 Å². The van der Waals surface area contributed by atoms with Crippen LogP contribution in [0.3, 0.4) is 0 Å². The highest BCUT2D eigenvalue weighted by molar-refractivity contribution is 7.21. The van der Waals surface area contributed by atoms with Crippen LogP contribution in [0.25, 0.3) is 10.1 Å². The maximum atomic E-state index is 11.5. The Morgan fingerprint density at radius 2 is 1.88 bits per heavy atom. The molecule has 122 valence electrons. The van der Waals surface area contributed by atoms with Crippen molar-refractivity contribution in [3.63, 3.8) is 0 Å². The monoisotopic (exact) mass is 361 g/mol. The molecule has 0 aliphatic heterocycles. The van der Waals surface area contributed by atoms with Crippen LogP contribution < -0.4 is 10.5 Å². The average Bonchev–Trinajstić information content (AvgIpc) is 2.91.